The van der Waals surface area contributed by atoms with E-state index in [2.05, 4.69) is 5.32 Å². The molecule has 1 unspecified atom stereocenters. The molecule has 0 aliphatic heterocycles. The van der Waals surface area contributed by atoms with Crippen LogP contribution in [0.15, 0.2) is 42.5 Å². The summed E-state index contributed by atoms with van der Waals surface area (Å²) in [6, 6.07) is 13.4. The minimum atomic E-state index is -0.806. The van der Waals surface area contributed by atoms with E-state index in [1.165, 1.54) is 6.92 Å². The van der Waals surface area contributed by atoms with Crippen LogP contribution in [0.25, 0.3) is 0 Å². The zero-order chi connectivity index (χ0) is 17.9. The molecule has 2 aromatic rings. The summed E-state index contributed by atoms with van der Waals surface area (Å²) in [5.74, 6) is -0.165. The number of aliphatic hydroxyl groups excluding tert-OH is 1. The summed E-state index contributed by atoms with van der Waals surface area (Å²) in [7, 11) is 7.81. The highest BCUT2D eigenvalue weighted by atomic mass is 16.3. The lowest BCUT2D eigenvalue weighted by Gasteiger charge is -2.20. The molecule has 1 amide bonds. The minimum Gasteiger partial charge on any atom is -0.384 e. The Hall–Kier alpha value is -2.53. The zero-order valence-electron chi connectivity index (χ0n) is 14.9. The van der Waals surface area contributed by atoms with Crippen LogP contribution in [-0.4, -0.2) is 39.2 Å². The summed E-state index contributed by atoms with van der Waals surface area (Å²) in [6.45, 7) is 1.46. The first-order valence-electron chi connectivity index (χ1n) is 7.84. The van der Waals surface area contributed by atoms with Gasteiger partial charge in [-0.05, 0) is 29.8 Å². The van der Waals surface area contributed by atoms with E-state index in [-0.39, 0.29) is 5.91 Å². The Morgan fingerprint density at radius 1 is 0.958 bits per heavy atom. The van der Waals surface area contributed by atoms with E-state index >= 15 is 0 Å². The van der Waals surface area contributed by atoms with Gasteiger partial charge in [0.2, 0.25) is 5.91 Å². The first kappa shape index (κ1) is 17.8. The fourth-order valence-corrected chi connectivity index (χ4v) is 2.49. The van der Waals surface area contributed by atoms with E-state index in [0.717, 1.165) is 16.9 Å². The number of carbonyl (C=O) groups excluding carboxylic acids is 1. The lowest BCUT2D eigenvalue weighted by atomic mass is 9.98. The lowest BCUT2D eigenvalue weighted by Crippen LogP contribution is -2.14. The number of aliphatic hydroxyl groups is 1. The van der Waals surface area contributed by atoms with Gasteiger partial charge < -0.3 is 20.2 Å². The second-order valence-electron chi connectivity index (χ2n) is 6.24. The molecule has 0 bridgehead atoms. The highest BCUT2D eigenvalue weighted by Crippen LogP contribution is 2.32. The fraction of sp³-hybridized carbons (Fsp3) is 0.316. The van der Waals surface area contributed by atoms with Crippen molar-refractivity contribution in [3.8, 4) is 0 Å². The number of benzene rings is 2. The SMILES string of the molecule is CC(=O)Nc1cc(N(C)C)ccc1C(O)c1ccc(N(C)C)cc1. The van der Waals surface area contributed by atoms with Gasteiger partial charge in [-0.15, -0.1) is 0 Å². The molecule has 0 aliphatic carbocycles. The van der Waals surface area contributed by atoms with Crippen LogP contribution < -0.4 is 15.1 Å². The van der Waals surface area contributed by atoms with Crippen LogP contribution in [0.3, 0.4) is 0 Å². The molecule has 2 aromatic carbocycles. The van der Waals surface area contributed by atoms with Crippen molar-refractivity contribution >= 4 is 23.0 Å². The van der Waals surface area contributed by atoms with Crippen LogP contribution in [0.1, 0.15) is 24.2 Å². The van der Waals surface area contributed by atoms with Gasteiger partial charge in [0.05, 0.1) is 0 Å². The smallest absolute Gasteiger partial charge is 0.221 e. The van der Waals surface area contributed by atoms with Gasteiger partial charge >= 0.3 is 0 Å². The van der Waals surface area contributed by atoms with Crippen molar-refractivity contribution in [1.82, 2.24) is 0 Å². The number of nitrogens with zero attached hydrogens (tertiary/aromatic N) is 2. The van der Waals surface area contributed by atoms with Gasteiger partial charge in [-0.1, -0.05) is 18.2 Å². The minimum absolute atomic E-state index is 0.165. The number of amides is 1. The summed E-state index contributed by atoms with van der Waals surface area (Å²) in [5, 5.41) is 13.6. The van der Waals surface area contributed by atoms with Crippen molar-refractivity contribution in [2.75, 3.05) is 43.3 Å². The standard InChI is InChI=1S/C19H25N3O2/c1-13(23)20-18-12-16(22(4)5)10-11-17(18)19(24)14-6-8-15(9-7-14)21(2)3/h6-12,19,24H,1-5H3,(H,20,23). The molecule has 24 heavy (non-hydrogen) atoms. The van der Waals surface area contributed by atoms with E-state index < -0.39 is 6.10 Å². The van der Waals surface area contributed by atoms with E-state index in [9.17, 15) is 9.90 Å². The maximum atomic E-state index is 11.5. The lowest BCUT2D eigenvalue weighted by molar-refractivity contribution is -0.114. The molecule has 128 valence electrons. The second-order valence-corrected chi connectivity index (χ2v) is 6.24. The van der Waals surface area contributed by atoms with E-state index in [0.29, 0.717) is 11.3 Å². The average Bonchev–Trinajstić information content (AvgIpc) is 2.53. The van der Waals surface area contributed by atoms with Gasteiger partial charge in [0.25, 0.3) is 0 Å². The Labute approximate surface area is 143 Å². The summed E-state index contributed by atoms with van der Waals surface area (Å²) in [4.78, 5) is 15.5. The first-order valence-corrected chi connectivity index (χ1v) is 7.84. The Bertz CT molecular complexity index is 709. The van der Waals surface area contributed by atoms with Crippen LogP contribution in [0.2, 0.25) is 0 Å². The average molecular weight is 327 g/mol. The molecule has 5 nitrogen and oxygen atoms in total. The molecule has 0 heterocycles. The third kappa shape index (κ3) is 4.06. The van der Waals surface area contributed by atoms with Gasteiger partial charge in [0.15, 0.2) is 0 Å². The van der Waals surface area contributed by atoms with Crippen molar-refractivity contribution < 1.29 is 9.90 Å². The maximum Gasteiger partial charge on any atom is 0.221 e. The highest BCUT2D eigenvalue weighted by molar-refractivity contribution is 5.90. The number of hydrogen-bond acceptors (Lipinski definition) is 4. The van der Waals surface area contributed by atoms with Gasteiger partial charge in [0.1, 0.15) is 6.10 Å². The molecule has 0 saturated heterocycles. The molecule has 0 aromatic heterocycles. The monoisotopic (exact) mass is 327 g/mol. The highest BCUT2D eigenvalue weighted by Gasteiger charge is 2.16. The van der Waals surface area contributed by atoms with Gasteiger partial charge in [0, 0.05) is 57.7 Å². The Morgan fingerprint density at radius 2 is 1.50 bits per heavy atom. The predicted octanol–water partition coefficient (Wildman–Crippen LogP) is 2.86. The third-order valence-corrected chi connectivity index (χ3v) is 3.88. The number of rotatable bonds is 5. The zero-order valence-corrected chi connectivity index (χ0v) is 14.9. The molecule has 1 atom stereocenters. The fourth-order valence-electron chi connectivity index (χ4n) is 2.49. The predicted molar refractivity (Wildman–Crippen MR) is 99.9 cm³/mol. The Kier molecular flexibility index (Phi) is 5.46. The van der Waals surface area contributed by atoms with Crippen molar-refractivity contribution in [3.63, 3.8) is 0 Å². The number of anilines is 3. The molecule has 0 fully saturated rings. The molecule has 2 N–H and O–H groups in total. The van der Waals surface area contributed by atoms with Crippen LogP contribution in [0.4, 0.5) is 17.1 Å². The van der Waals surface area contributed by atoms with Crippen LogP contribution in [-0.2, 0) is 4.79 Å². The number of carbonyl (C=O) groups is 1. The molecule has 5 heteroatoms. The third-order valence-electron chi connectivity index (χ3n) is 3.88. The second kappa shape index (κ2) is 7.36. The van der Waals surface area contributed by atoms with Gasteiger partial charge in [-0.3, -0.25) is 4.79 Å². The van der Waals surface area contributed by atoms with Crippen molar-refractivity contribution in [1.29, 1.82) is 0 Å². The Balaban J connectivity index is 2.39. The van der Waals surface area contributed by atoms with E-state index in [4.69, 9.17) is 0 Å². The summed E-state index contributed by atoms with van der Waals surface area (Å²) in [6.07, 6.45) is -0.806. The summed E-state index contributed by atoms with van der Waals surface area (Å²) >= 11 is 0. The topological polar surface area (TPSA) is 55.8 Å². The molecule has 0 aliphatic rings. The first-order chi connectivity index (χ1) is 11.3. The van der Waals surface area contributed by atoms with Crippen LogP contribution >= 0.6 is 0 Å². The summed E-state index contributed by atoms with van der Waals surface area (Å²) < 4.78 is 0. The van der Waals surface area contributed by atoms with Crippen LogP contribution in [0, 0.1) is 0 Å². The normalized spacial score (nSPS) is 11.8. The molecule has 2 rings (SSSR count). The molecule has 0 radical (unpaired) electrons. The van der Waals surface area contributed by atoms with E-state index in [1.54, 1.807) is 0 Å². The maximum absolute atomic E-state index is 11.5. The van der Waals surface area contributed by atoms with E-state index in [1.807, 2.05) is 80.5 Å². The largest absolute Gasteiger partial charge is 0.384 e. The van der Waals surface area contributed by atoms with Gasteiger partial charge in [-0.2, -0.15) is 0 Å². The van der Waals surface area contributed by atoms with Crippen molar-refractivity contribution in [2.24, 2.45) is 0 Å². The number of nitrogens with one attached hydrogen (secondary N) is 1. The van der Waals surface area contributed by atoms with Crippen molar-refractivity contribution in [2.45, 2.75) is 13.0 Å². The molecular formula is C19H25N3O2. The molecule has 0 spiro atoms. The number of hydrogen-bond donors (Lipinski definition) is 2. The Morgan fingerprint density at radius 3 is 2.00 bits per heavy atom. The van der Waals surface area contributed by atoms with Gasteiger partial charge in [-0.25, -0.2) is 0 Å². The molecular weight excluding hydrogens is 302 g/mol. The van der Waals surface area contributed by atoms with Crippen molar-refractivity contribution in [3.05, 3.63) is 53.6 Å². The van der Waals surface area contributed by atoms with Crippen LogP contribution in [0.5, 0.6) is 0 Å². The summed E-state index contributed by atoms with van der Waals surface area (Å²) in [5.41, 5.74) is 4.10. The quantitative estimate of drug-likeness (QED) is 0.887. The molecule has 0 saturated carbocycles.